The Labute approximate surface area is 164 Å². The summed E-state index contributed by atoms with van der Waals surface area (Å²) in [5.74, 6) is 0.485. The van der Waals surface area contributed by atoms with Crippen molar-refractivity contribution in [2.75, 3.05) is 17.7 Å². The second kappa shape index (κ2) is 7.49. The summed E-state index contributed by atoms with van der Waals surface area (Å²) in [6, 6.07) is 7.31. The van der Waals surface area contributed by atoms with Crippen molar-refractivity contribution in [2.45, 2.75) is 31.1 Å². The van der Waals surface area contributed by atoms with Gasteiger partial charge in [0.1, 0.15) is 24.6 Å². The standard InChI is InChI=1S/C17H19ClN6O4/c18-9-3-1-2-8(4-9)5-20-17-23-11-14(19)21-7-22-15(11)24(17)16-13(27)12(26)10(6-25)28-16/h1-4,7,10,12-13,16,25-27H,5-6H2,(H,20,23)(H2,19,21,22)/t10-,12-,13-,16-/m1/s1. The number of ether oxygens (including phenoxy) is 1. The number of nitrogens with two attached hydrogens (primary N) is 1. The predicted molar refractivity (Wildman–Crippen MR) is 102 cm³/mol. The molecule has 0 bridgehead atoms. The number of aliphatic hydroxyl groups excluding tert-OH is 3. The van der Waals surface area contributed by atoms with Crippen molar-refractivity contribution in [1.29, 1.82) is 0 Å². The molecule has 1 saturated heterocycles. The Bertz CT molecular complexity index is 999. The third-order valence-corrected chi connectivity index (χ3v) is 4.85. The zero-order valence-electron chi connectivity index (χ0n) is 14.6. The Morgan fingerprint density at radius 2 is 2.07 bits per heavy atom. The molecule has 11 heteroatoms. The molecular formula is C17H19ClN6O4. The van der Waals surface area contributed by atoms with Crippen LogP contribution in [0, 0.1) is 0 Å². The van der Waals surface area contributed by atoms with Crippen LogP contribution in [0.2, 0.25) is 5.02 Å². The van der Waals surface area contributed by atoms with Gasteiger partial charge in [0.25, 0.3) is 0 Å². The first-order valence-electron chi connectivity index (χ1n) is 8.58. The highest BCUT2D eigenvalue weighted by Gasteiger charge is 2.45. The minimum atomic E-state index is -1.29. The van der Waals surface area contributed by atoms with Crippen molar-refractivity contribution < 1.29 is 20.1 Å². The molecule has 3 aromatic rings. The molecule has 4 rings (SSSR count). The van der Waals surface area contributed by atoms with Gasteiger partial charge in [-0.1, -0.05) is 23.7 Å². The Kier molecular flexibility index (Phi) is 5.04. The van der Waals surface area contributed by atoms with Gasteiger partial charge in [0.05, 0.1) is 6.61 Å². The summed E-state index contributed by atoms with van der Waals surface area (Å²) in [6.07, 6.45) is -3.23. The summed E-state index contributed by atoms with van der Waals surface area (Å²) >= 11 is 6.03. The first kappa shape index (κ1) is 18.8. The predicted octanol–water partition coefficient (Wildman–Crippen LogP) is 0.285. The van der Waals surface area contributed by atoms with Gasteiger partial charge in [-0.15, -0.1) is 0 Å². The number of imidazole rings is 1. The van der Waals surface area contributed by atoms with Gasteiger partial charge in [0, 0.05) is 11.6 Å². The molecule has 148 valence electrons. The summed E-state index contributed by atoms with van der Waals surface area (Å²) in [6.45, 7) is -0.0598. The van der Waals surface area contributed by atoms with Crippen LogP contribution in [0.4, 0.5) is 11.8 Å². The number of nitrogen functional groups attached to an aromatic ring is 1. The van der Waals surface area contributed by atoms with Gasteiger partial charge in [0.2, 0.25) is 5.95 Å². The fourth-order valence-corrected chi connectivity index (χ4v) is 3.43. The molecule has 1 aliphatic heterocycles. The summed E-state index contributed by atoms with van der Waals surface area (Å²) < 4.78 is 7.15. The molecule has 1 aliphatic rings. The van der Waals surface area contributed by atoms with E-state index in [0.717, 1.165) is 5.56 Å². The van der Waals surface area contributed by atoms with Crippen LogP contribution in [-0.2, 0) is 11.3 Å². The fraction of sp³-hybridized carbons (Fsp3) is 0.353. The van der Waals surface area contributed by atoms with E-state index < -0.39 is 31.1 Å². The van der Waals surface area contributed by atoms with Gasteiger partial charge in [-0.25, -0.2) is 15.0 Å². The molecule has 0 amide bonds. The molecule has 1 fully saturated rings. The molecule has 2 aromatic heterocycles. The maximum absolute atomic E-state index is 10.5. The van der Waals surface area contributed by atoms with Crippen LogP contribution in [0.25, 0.3) is 11.2 Å². The van der Waals surface area contributed by atoms with Crippen LogP contribution >= 0.6 is 11.6 Å². The third-order valence-electron chi connectivity index (χ3n) is 4.62. The molecular weight excluding hydrogens is 388 g/mol. The Morgan fingerprint density at radius 3 is 2.79 bits per heavy atom. The van der Waals surface area contributed by atoms with Crippen LogP contribution in [-0.4, -0.2) is 59.8 Å². The number of rotatable bonds is 5. The molecule has 0 unspecified atom stereocenters. The van der Waals surface area contributed by atoms with E-state index in [4.69, 9.17) is 22.1 Å². The lowest BCUT2D eigenvalue weighted by molar-refractivity contribution is -0.0501. The van der Waals surface area contributed by atoms with Crippen molar-refractivity contribution in [1.82, 2.24) is 19.5 Å². The highest BCUT2D eigenvalue weighted by molar-refractivity contribution is 6.30. The Hall–Kier alpha value is -2.50. The van der Waals surface area contributed by atoms with Crippen molar-refractivity contribution in [3.05, 3.63) is 41.2 Å². The number of benzene rings is 1. The van der Waals surface area contributed by atoms with E-state index in [0.29, 0.717) is 28.7 Å². The number of nitrogens with zero attached hydrogens (tertiary/aromatic N) is 4. The lowest BCUT2D eigenvalue weighted by Crippen LogP contribution is -2.33. The van der Waals surface area contributed by atoms with Crippen LogP contribution in [0.15, 0.2) is 30.6 Å². The molecule has 0 aliphatic carbocycles. The van der Waals surface area contributed by atoms with Gasteiger partial charge >= 0.3 is 0 Å². The Balaban J connectivity index is 1.73. The van der Waals surface area contributed by atoms with Crippen LogP contribution in [0.1, 0.15) is 11.8 Å². The average molecular weight is 407 g/mol. The largest absolute Gasteiger partial charge is 0.394 e. The van der Waals surface area contributed by atoms with Gasteiger partial charge in [-0.3, -0.25) is 4.57 Å². The fourth-order valence-electron chi connectivity index (χ4n) is 3.21. The number of fused-ring (bicyclic) bond motifs is 1. The van der Waals surface area contributed by atoms with E-state index in [1.54, 1.807) is 6.07 Å². The van der Waals surface area contributed by atoms with E-state index >= 15 is 0 Å². The first-order valence-corrected chi connectivity index (χ1v) is 8.96. The van der Waals surface area contributed by atoms with E-state index in [1.165, 1.54) is 10.9 Å². The highest BCUT2D eigenvalue weighted by Crippen LogP contribution is 2.35. The number of hydrogen-bond acceptors (Lipinski definition) is 9. The molecule has 1 aromatic carbocycles. The molecule has 3 heterocycles. The smallest absolute Gasteiger partial charge is 0.207 e. The zero-order chi connectivity index (χ0) is 19.8. The van der Waals surface area contributed by atoms with E-state index in [1.807, 2.05) is 18.2 Å². The topological polar surface area (TPSA) is 152 Å². The first-order chi connectivity index (χ1) is 13.5. The van der Waals surface area contributed by atoms with Gasteiger partial charge in [-0.05, 0) is 17.7 Å². The van der Waals surface area contributed by atoms with E-state index in [-0.39, 0.29) is 5.82 Å². The third kappa shape index (κ3) is 3.25. The van der Waals surface area contributed by atoms with Gasteiger partial charge < -0.3 is 31.1 Å². The lowest BCUT2D eigenvalue weighted by atomic mass is 10.1. The van der Waals surface area contributed by atoms with Crippen molar-refractivity contribution in [3.8, 4) is 0 Å². The van der Waals surface area contributed by atoms with Crippen molar-refractivity contribution in [3.63, 3.8) is 0 Å². The molecule has 0 spiro atoms. The normalized spacial score (nSPS) is 24.7. The number of anilines is 2. The van der Waals surface area contributed by atoms with E-state index in [9.17, 15) is 15.3 Å². The van der Waals surface area contributed by atoms with Crippen LogP contribution in [0.3, 0.4) is 0 Å². The highest BCUT2D eigenvalue weighted by atomic mass is 35.5. The number of halogens is 1. The van der Waals surface area contributed by atoms with E-state index in [2.05, 4.69) is 20.3 Å². The number of nitrogens with one attached hydrogen (secondary N) is 1. The second-order valence-corrected chi connectivity index (χ2v) is 6.89. The summed E-state index contributed by atoms with van der Waals surface area (Å²) in [5.41, 5.74) is 7.48. The molecule has 4 atom stereocenters. The quantitative estimate of drug-likeness (QED) is 0.402. The van der Waals surface area contributed by atoms with Crippen molar-refractivity contribution >= 4 is 34.5 Å². The van der Waals surface area contributed by atoms with Gasteiger partial charge in [0.15, 0.2) is 23.2 Å². The van der Waals surface area contributed by atoms with Gasteiger partial charge in [-0.2, -0.15) is 0 Å². The maximum atomic E-state index is 10.5. The Morgan fingerprint density at radius 1 is 1.25 bits per heavy atom. The van der Waals surface area contributed by atoms with Crippen LogP contribution in [0.5, 0.6) is 0 Å². The summed E-state index contributed by atoms with van der Waals surface area (Å²) in [5, 5.41) is 33.7. The SMILES string of the molecule is Nc1ncnc2c1nc(NCc1cccc(Cl)c1)n2[C@@H]1O[C@H](CO)[C@@H](O)[C@H]1O. The molecule has 10 nitrogen and oxygen atoms in total. The minimum absolute atomic E-state index is 0.168. The zero-order valence-corrected chi connectivity index (χ0v) is 15.4. The summed E-state index contributed by atoms with van der Waals surface area (Å²) in [7, 11) is 0. The van der Waals surface area contributed by atoms with Crippen LogP contribution < -0.4 is 11.1 Å². The molecule has 6 N–H and O–H groups in total. The maximum Gasteiger partial charge on any atom is 0.207 e. The summed E-state index contributed by atoms with van der Waals surface area (Å²) in [4.78, 5) is 12.6. The number of aliphatic hydroxyl groups is 3. The number of aromatic nitrogens is 4. The minimum Gasteiger partial charge on any atom is -0.394 e. The second-order valence-electron chi connectivity index (χ2n) is 6.45. The average Bonchev–Trinajstić information content (AvgIpc) is 3.19. The van der Waals surface area contributed by atoms with Crippen molar-refractivity contribution in [2.24, 2.45) is 0 Å². The number of hydrogen-bond donors (Lipinski definition) is 5. The monoisotopic (exact) mass is 406 g/mol. The molecule has 28 heavy (non-hydrogen) atoms. The molecule has 0 saturated carbocycles. The lowest BCUT2D eigenvalue weighted by Gasteiger charge is -2.19. The molecule has 0 radical (unpaired) electrons.